The van der Waals surface area contributed by atoms with Crippen LogP contribution in [0.15, 0.2) is 174 Å². The largest absolute Gasteiger partial charge is 0.487 e. The molecule has 2 nitrogen and oxygen atoms in total. The molecule has 0 amide bonds. The van der Waals surface area contributed by atoms with Crippen molar-refractivity contribution < 1.29 is 111 Å². The zero-order valence-electron chi connectivity index (χ0n) is 49.2. The average molecular weight is 1560 g/mol. The molecule has 2 heterocycles. The van der Waals surface area contributed by atoms with Gasteiger partial charge in [-0.2, -0.15) is 105 Å². The van der Waals surface area contributed by atoms with Crippen LogP contribution in [0.1, 0.15) is 5.71 Å². The third-order valence-electron chi connectivity index (χ3n) is 10.8. The molecule has 0 saturated heterocycles. The van der Waals surface area contributed by atoms with Crippen molar-refractivity contribution in [3.63, 3.8) is 0 Å². The van der Waals surface area contributed by atoms with Gasteiger partial charge >= 0.3 is 203 Å². The maximum absolute atomic E-state index is 13.5. The maximum Gasteiger partial charge on any atom is 0.487 e. The van der Waals surface area contributed by atoms with Crippen molar-refractivity contribution >= 4 is 101 Å². The molecule has 0 spiro atoms. The van der Waals surface area contributed by atoms with E-state index in [-0.39, 0.29) is 27.5 Å². The van der Waals surface area contributed by atoms with Gasteiger partial charge in [-0.15, -0.1) is 22.7 Å². The predicted molar refractivity (Wildman–Crippen MR) is 351 cm³/mol. The number of fused-ring (bicyclic) bond motifs is 4. The molecule has 0 aliphatic carbocycles. The standard InChI is InChI=1S/C38H23O2S4.4C6H.4C2F6.Ga.4H2/c39-37-29-10-4-6-12-33(29)42-35-20-16-25(22-31(35)37)41-24-14-17-27(18-15-24)44(26-8-2-1-3-9-26)28-19-21-36-32(23-28)38(40)30-11-5-7-13-34(30)43-36;4*1-3-5-6-4-2;4*3-1(4,5)2(6,7)8;;;;;/h1-23H;4*1H;;;;;;4*1H/q+1;;;;;;;;;-1;;;;. The van der Waals surface area contributed by atoms with E-state index in [2.05, 4.69) is 191 Å². The van der Waals surface area contributed by atoms with Gasteiger partial charge in [-0.05, 0) is 91.0 Å². The topological polar surface area (TPSA) is 34.1 Å². The van der Waals surface area contributed by atoms with Crippen molar-refractivity contribution in [2.75, 3.05) is 0 Å². The third-order valence-corrected chi connectivity index (χ3v) is 21.2. The average Bonchev–Trinajstić information content (AvgIpc) is 0.773. The first-order valence-electron chi connectivity index (χ1n) is 26.0. The quantitative estimate of drug-likeness (QED) is 0.0566. The van der Waals surface area contributed by atoms with Gasteiger partial charge in [0.2, 0.25) is 0 Å². The monoisotopic (exact) mass is 1560 g/mol. The Morgan fingerprint density at radius 1 is 0.307 bits per heavy atom. The Kier molecular flexibility index (Phi) is 31.1. The molecule has 0 N–H and O–H groups in total. The first-order chi connectivity index (χ1) is 46.9. The summed E-state index contributed by atoms with van der Waals surface area (Å²) in [6, 6.07) is 47.4. The van der Waals surface area contributed by atoms with Crippen molar-refractivity contribution in [2.45, 2.75) is 73.9 Å². The summed E-state index contributed by atoms with van der Waals surface area (Å²) in [7, 11) is -0.386. The summed E-state index contributed by atoms with van der Waals surface area (Å²) < 4.78 is 266. The Hall–Kier alpha value is -10.5. The van der Waals surface area contributed by atoms with Crippen LogP contribution in [0.25, 0.3) is 40.3 Å². The van der Waals surface area contributed by atoms with Crippen LogP contribution in [0.2, 0.25) is 0 Å². The second-order valence-electron chi connectivity index (χ2n) is 17.9. The minimum Gasteiger partial charge on any atom is -0.289 e. The number of hydrogen-bond acceptors (Lipinski definition) is 5. The Morgan fingerprint density at radius 2 is 0.584 bits per heavy atom. The van der Waals surface area contributed by atoms with Gasteiger partial charge in [-0.3, -0.25) is 9.59 Å². The molecule has 1 unspecified atom stereocenters. The van der Waals surface area contributed by atoms with E-state index in [4.69, 9.17) is 25.7 Å². The Bertz CT molecular complexity index is 4820. The van der Waals surface area contributed by atoms with Crippen molar-refractivity contribution in [3.05, 3.63) is 160 Å². The smallest absolute Gasteiger partial charge is 0.289 e. The summed E-state index contributed by atoms with van der Waals surface area (Å²) in [5, 5.41) is 3.09. The molecule has 6 aromatic carbocycles. The molecular weight excluding hydrogens is 1530 g/mol. The van der Waals surface area contributed by atoms with Crippen LogP contribution in [-0.2, 0) is 10.9 Å². The van der Waals surface area contributed by atoms with Gasteiger partial charge in [0, 0.05) is 61.9 Å². The molecule has 0 aliphatic rings. The third kappa shape index (κ3) is 26.9. The van der Waals surface area contributed by atoms with E-state index in [1.54, 1.807) is 34.4 Å². The molecule has 31 heteroatoms. The normalized spacial score (nSPS) is 11.2. The number of terminal acetylenes is 4. The van der Waals surface area contributed by atoms with E-state index in [9.17, 15) is 115 Å². The maximum atomic E-state index is 13.5. The molecule has 1 atom stereocenters. The van der Waals surface area contributed by atoms with E-state index in [0.29, 0.717) is 0 Å². The Labute approximate surface area is 580 Å². The number of halogens is 24. The van der Waals surface area contributed by atoms with Gasteiger partial charge in [0.1, 0.15) is 0 Å². The summed E-state index contributed by atoms with van der Waals surface area (Å²) >= 11 is 1.07. The number of rotatable bonds is 5. The summed E-state index contributed by atoms with van der Waals surface area (Å²) in [5.74, 6) is 38.5. The zero-order chi connectivity index (χ0) is 76.3. The molecule has 0 fully saturated rings. The first-order valence-corrected chi connectivity index (χ1v) is 34.5. The minimum absolute atomic E-state index is 0. The van der Waals surface area contributed by atoms with Crippen LogP contribution >= 0.6 is 34.4 Å². The molecule has 8 aromatic rings. The van der Waals surface area contributed by atoms with Gasteiger partial charge in [-0.1, -0.05) is 54.2 Å². The summed E-state index contributed by atoms with van der Waals surface area (Å²) in [6.07, 6.45) is -28.3. The second kappa shape index (κ2) is 37.1. The summed E-state index contributed by atoms with van der Waals surface area (Å²) in [5.41, 5.74) is 0.175. The molecule has 522 valence electrons. The van der Waals surface area contributed by atoms with Gasteiger partial charge in [-0.25, -0.2) is 0 Å². The molecule has 0 bridgehead atoms. The van der Waals surface area contributed by atoms with Crippen LogP contribution in [0.5, 0.6) is 0 Å². The molecule has 8 rings (SSSR count). The zero-order valence-corrected chi connectivity index (χ0v) is 54.9. The van der Waals surface area contributed by atoms with Crippen molar-refractivity contribution in [2.24, 2.45) is 0 Å². The van der Waals surface area contributed by atoms with Gasteiger partial charge in [0.05, 0.1) is 10.9 Å². The number of alkyl halides is 24. The molecular formula is C70H35F24GaO2S4. The minimum atomic E-state index is -6.06. The van der Waals surface area contributed by atoms with Crippen molar-refractivity contribution in [1.82, 2.24) is 0 Å². The molecule has 0 saturated carbocycles. The fourth-order valence-corrected chi connectivity index (χ4v) is 14.9. The van der Waals surface area contributed by atoms with Crippen LogP contribution in [-0.4, -0.2) is 64.4 Å². The summed E-state index contributed by atoms with van der Waals surface area (Å²) in [4.78, 5) is 32.4. The summed E-state index contributed by atoms with van der Waals surface area (Å²) in [6.45, 7) is 0. The van der Waals surface area contributed by atoms with Crippen molar-refractivity contribution in [1.29, 1.82) is 0 Å². The Morgan fingerprint density at radius 3 is 0.921 bits per heavy atom. The molecule has 0 aliphatic heterocycles. The fourth-order valence-electron chi connectivity index (χ4n) is 6.56. The molecule has 101 heavy (non-hydrogen) atoms. The molecule has 2 aromatic heterocycles. The first kappa shape index (κ1) is 84.7. The van der Waals surface area contributed by atoms with E-state index >= 15 is 0 Å². The van der Waals surface area contributed by atoms with Gasteiger partial charge in [0.25, 0.3) is 0 Å². The fraction of sp³-hybridized carbons (Fsp3) is 0.114. The Balaban J connectivity index is 0. The van der Waals surface area contributed by atoms with Crippen LogP contribution in [0.4, 0.5) is 105 Å². The van der Waals surface area contributed by atoms with Crippen LogP contribution in [0.3, 0.4) is 0 Å². The molecule has 0 radical (unpaired) electrons. The SMILES string of the molecule is C#CC#CC#[C][Ga-]([C]#CC#CC#C)([C]#CC#CC#C)[C]#CC#CC#C.FC(F)(F)C(F)(F)F.FC(F)(F)C(F)(F)F.FC(F)(F)C(F)(F)F.FC(F)(F)C(F)(F)F.O=c1c2ccccc2sc2ccc(Sc3ccc([S+](c4ccccc4)c4ccc5sc6ccccc6c(=O)c5c4)cc3)cc12.[HH].[HH].[HH].[HH]. The van der Waals surface area contributed by atoms with Gasteiger partial charge in [0.15, 0.2) is 25.5 Å². The van der Waals surface area contributed by atoms with E-state index in [1.807, 2.05) is 60.7 Å². The van der Waals surface area contributed by atoms with Crippen LogP contribution < -0.4 is 10.9 Å². The second-order valence-corrected chi connectivity index (χ2v) is 29.3. The van der Waals surface area contributed by atoms with Crippen LogP contribution in [0, 0.1) is 138 Å². The van der Waals surface area contributed by atoms with Gasteiger partial charge < -0.3 is 0 Å². The van der Waals surface area contributed by atoms with Crippen molar-refractivity contribution in [3.8, 4) is 138 Å². The van der Waals surface area contributed by atoms with E-state index in [0.717, 1.165) is 55.0 Å². The number of hydrogen-bond donors (Lipinski definition) is 0. The number of benzene rings is 6. The predicted octanol–water partition coefficient (Wildman–Crippen LogP) is 20.0. The van der Waals surface area contributed by atoms with E-state index < -0.39 is 64.4 Å². The van der Waals surface area contributed by atoms with E-state index in [1.165, 1.54) is 9.79 Å².